The zero-order valence-electron chi connectivity index (χ0n) is 15.1. The minimum absolute atomic E-state index is 0.0561. The van der Waals surface area contributed by atoms with Crippen LogP contribution in [0.15, 0.2) is 47.5 Å². The van der Waals surface area contributed by atoms with Crippen molar-refractivity contribution in [3.8, 4) is 17.4 Å². The van der Waals surface area contributed by atoms with Crippen LogP contribution in [0.25, 0.3) is 11.6 Å². The van der Waals surface area contributed by atoms with Crippen LogP contribution in [-0.4, -0.2) is 34.1 Å². The van der Waals surface area contributed by atoms with Gasteiger partial charge < -0.3 is 14.9 Å². The molecule has 1 aliphatic rings. The molecule has 3 aromatic rings. The van der Waals surface area contributed by atoms with Crippen molar-refractivity contribution < 1.29 is 19.7 Å². The van der Waals surface area contributed by atoms with Gasteiger partial charge in [-0.1, -0.05) is 11.3 Å². The predicted molar refractivity (Wildman–Crippen MR) is 116 cm³/mol. The lowest BCUT2D eigenvalue weighted by Gasteiger charge is -2.07. The summed E-state index contributed by atoms with van der Waals surface area (Å²) in [6.07, 6.45) is 3.46. The molecule has 29 heavy (non-hydrogen) atoms. The Hall–Kier alpha value is -3.43. The van der Waals surface area contributed by atoms with Gasteiger partial charge in [0.15, 0.2) is 3.95 Å². The van der Waals surface area contributed by atoms with Crippen molar-refractivity contribution in [3.63, 3.8) is 0 Å². The van der Waals surface area contributed by atoms with E-state index in [2.05, 4.69) is 10.4 Å². The second-order valence-electron chi connectivity index (χ2n) is 6.12. The number of rotatable bonds is 4. The highest BCUT2D eigenvalue weighted by atomic mass is 32.1. The number of nitrogens with zero attached hydrogens (tertiary/aromatic N) is 2. The number of thiazole rings is 1. The van der Waals surface area contributed by atoms with Gasteiger partial charge in [0.25, 0.3) is 5.91 Å². The summed E-state index contributed by atoms with van der Waals surface area (Å²) < 4.78 is 6.70. The molecule has 0 saturated heterocycles. The summed E-state index contributed by atoms with van der Waals surface area (Å²) in [5.41, 5.74) is 5.36. The van der Waals surface area contributed by atoms with E-state index in [0.29, 0.717) is 16.2 Å². The Balaban J connectivity index is 1.65. The molecule has 7 nitrogen and oxygen atoms in total. The topological polar surface area (TPSA) is 96.1 Å². The maximum Gasteiger partial charge on any atom is 0.270 e. The fourth-order valence-electron chi connectivity index (χ4n) is 2.80. The summed E-state index contributed by atoms with van der Waals surface area (Å²) in [6, 6.07) is 11.3. The van der Waals surface area contributed by atoms with Crippen LogP contribution >= 0.6 is 23.6 Å². The molecule has 1 aliphatic heterocycles. The SMILES string of the molecule is COc1ccc2c(c1)/C(=C\c1sc(=S)n(NC(=O)c3ccc(O)cc3)c1O)C=N2. The summed E-state index contributed by atoms with van der Waals surface area (Å²) >= 11 is 6.45. The quantitative estimate of drug-likeness (QED) is 0.541. The average molecular weight is 425 g/mol. The van der Waals surface area contributed by atoms with Crippen LogP contribution in [0, 0.1) is 3.95 Å². The molecule has 2 heterocycles. The summed E-state index contributed by atoms with van der Waals surface area (Å²) in [6.45, 7) is 0. The number of hydrogen-bond donors (Lipinski definition) is 3. The number of fused-ring (bicyclic) bond motifs is 1. The van der Waals surface area contributed by atoms with Crippen molar-refractivity contribution in [2.75, 3.05) is 12.5 Å². The molecule has 0 spiro atoms. The molecule has 0 radical (unpaired) electrons. The van der Waals surface area contributed by atoms with E-state index in [4.69, 9.17) is 17.0 Å². The molecular weight excluding hydrogens is 410 g/mol. The van der Waals surface area contributed by atoms with Gasteiger partial charge in [0.1, 0.15) is 11.5 Å². The van der Waals surface area contributed by atoms with E-state index in [-0.39, 0.29) is 15.6 Å². The number of aromatic hydroxyl groups is 2. The molecule has 3 N–H and O–H groups in total. The lowest BCUT2D eigenvalue weighted by atomic mass is 10.1. The Morgan fingerprint density at radius 3 is 2.72 bits per heavy atom. The molecule has 2 aromatic carbocycles. The lowest BCUT2D eigenvalue weighted by molar-refractivity contribution is 0.101. The summed E-state index contributed by atoms with van der Waals surface area (Å²) in [4.78, 5) is 17.2. The second-order valence-corrected chi connectivity index (χ2v) is 7.80. The number of carbonyl (C=O) groups excluding carboxylic acids is 1. The van der Waals surface area contributed by atoms with Crippen LogP contribution in [0.2, 0.25) is 0 Å². The van der Waals surface area contributed by atoms with Crippen LogP contribution < -0.4 is 10.2 Å². The molecule has 0 saturated carbocycles. The molecule has 4 rings (SSSR count). The Labute approximate surface area is 174 Å². The van der Waals surface area contributed by atoms with Gasteiger partial charge in [0.05, 0.1) is 17.7 Å². The summed E-state index contributed by atoms with van der Waals surface area (Å²) in [7, 11) is 1.59. The third kappa shape index (κ3) is 3.65. The normalized spacial score (nSPS) is 13.5. The number of phenols is 1. The van der Waals surface area contributed by atoms with Gasteiger partial charge in [-0.25, -0.2) is 0 Å². The first-order valence-electron chi connectivity index (χ1n) is 8.45. The standard InChI is InChI=1S/C20H15N3O4S2/c1-27-14-6-7-16-15(9-14)12(10-21-16)8-17-19(26)23(20(28)29-17)22-18(25)11-2-4-13(24)5-3-11/h2-10,24,26H,1H3,(H,22,25)/b12-8-. The third-order valence-electron chi connectivity index (χ3n) is 4.30. The van der Waals surface area contributed by atoms with E-state index in [0.717, 1.165) is 32.8 Å². The van der Waals surface area contributed by atoms with Crippen molar-refractivity contribution in [1.29, 1.82) is 0 Å². The highest BCUT2D eigenvalue weighted by Gasteiger charge is 2.18. The number of benzene rings is 2. The molecule has 1 aromatic heterocycles. The minimum Gasteiger partial charge on any atom is -0.508 e. The smallest absolute Gasteiger partial charge is 0.270 e. The van der Waals surface area contributed by atoms with Crippen LogP contribution in [0.5, 0.6) is 17.4 Å². The van der Waals surface area contributed by atoms with Gasteiger partial charge in [-0.3, -0.25) is 15.2 Å². The van der Waals surface area contributed by atoms with E-state index < -0.39 is 5.91 Å². The molecule has 0 atom stereocenters. The minimum atomic E-state index is -0.467. The number of amides is 1. The lowest BCUT2D eigenvalue weighted by Crippen LogP contribution is -2.22. The fraction of sp³-hybridized carbons (Fsp3) is 0.0500. The highest BCUT2D eigenvalue weighted by molar-refractivity contribution is 7.73. The molecule has 146 valence electrons. The van der Waals surface area contributed by atoms with Gasteiger partial charge in [-0.05, 0) is 60.8 Å². The average Bonchev–Trinajstić information content (AvgIpc) is 3.24. The maximum atomic E-state index is 12.4. The number of allylic oxidation sites excluding steroid dienone is 1. The van der Waals surface area contributed by atoms with Gasteiger partial charge in [0.2, 0.25) is 5.88 Å². The van der Waals surface area contributed by atoms with Crippen molar-refractivity contribution in [3.05, 3.63) is 62.4 Å². The first-order chi connectivity index (χ1) is 14.0. The molecule has 1 amide bonds. The molecular formula is C20H15N3O4S2. The van der Waals surface area contributed by atoms with Gasteiger partial charge >= 0.3 is 0 Å². The van der Waals surface area contributed by atoms with Crippen LogP contribution in [0.1, 0.15) is 20.8 Å². The highest BCUT2D eigenvalue weighted by Crippen LogP contribution is 2.37. The second kappa shape index (κ2) is 7.53. The maximum absolute atomic E-state index is 12.4. The zero-order chi connectivity index (χ0) is 20.5. The summed E-state index contributed by atoms with van der Waals surface area (Å²) in [5.74, 6) is 0.117. The first kappa shape index (κ1) is 18.9. The number of hydrogen-bond acceptors (Lipinski definition) is 7. The molecule has 0 aliphatic carbocycles. The van der Waals surface area contributed by atoms with Gasteiger partial charge in [-0.2, -0.15) is 4.68 Å². The summed E-state index contributed by atoms with van der Waals surface area (Å²) in [5, 5.41) is 19.9. The molecule has 0 bridgehead atoms. The van der Waals surface area contributed by atoms with Gasteiger partial charge in [-0.15, -0.1) is 0 Å². The first-order valence-corrected chi connectivity index (χ1v) is 9.68. The Bertz CT molecular complexity index is 1220. The Morgan fingerprint density at radius 2 is 2.00 bits per heavy atom. The van der Waals surface area contributed by atoms with E-state index >= 15 is 0 Å². The van der Waals surface area contributed by atoms with E-state index in [1.165, 1.54) is 24.3 Å². The van der Waals surface area contributed by atoms with Crippen molar-refractivity contribution in [2.24, 2.45) is 4.99 Å². The van der Waals surface area contributed by atoms with E-state index in [1.807, 2.05) is 18.2 Å². The van der Waals surface area contributed by atoms with Crippen molar-refractivity contribution in [2.45, 2.75) is 0 Å². The number of methoxy groups -OCH3 is 1. The number of aromatic nitrogens is 1. The van der Waals surface area contributed by atoms with Crippen LogP contribution in [0.4, 0.5) is 5.69 Å². The number of phenolic OH excluding ortho intramolecular Hbond substituents is 1. The zero-order valence-corrected chi connectivity index (χ0v) is 16.8. The number of aliphatic imine (C=N–C) groups is 1. The van der Waals surface area contributed by atoms with Crippen LogP contribution in [-0.2, 0) is 0 Å². The molecule has 0 unspecified atom stereocenters. The monoisotopic (exact) mass is 425 g/mol. The van der Waals surface area contributed by atoms with E-state index in [9.17, 15) is 15.0 Å². The van der Waals surface area contributed by atoms with Gasteiger partial charge in [0, 0.05) is 22.9 Å². The van der Waals surface area contributed by atoms with Crippen molar-refractivity contribution in [1.82, 2.24) is 4.68 Å². The molecule has 9 heteroatoms. The van der Waals surface area contributed by atoms with E-state index in [1.54, 1.807) is 19.4 Å². The third-order valence-corrected chi connectivity index (χ3v) is 5.61. The predicted octanol–water partition coefficient (Wildman–Crippen LogP) is 4.34. The number of nitrogens with one attached hydrogen (secondary N) is 1. The largest absolute Gasteiger partial charge is 0.508 e. The Kier molecular flexibility index (Phi) is 4.91. The number of carbonyl (C=O) groups is 1. The number of ether oxygens (including phenoxy) is 1. The Morgan fingerprint density at radius 1 is 1.24 bits per heavy atom. The fourth-order valence-corrected chi connectivity index (χ4v) is 3.99. The van der Waals surface area contributed by atoms with Crippen molar-refractivity contribution >= 4 is 53.0 Å². The van der Waals surface area contributed by atoms with Crippen LogP contribution in [0.3, 0.4) is 0 Å². The molecule has 0 fully saturated rings.